The highest BCUT2D eigenvalue weighted by Gasteiger charge is 2.41. The summed E-state index contributed by atoms with van der Waals surface area (Å²) in [6.07, 6.45) is 0.529. The van der Waals surface area contributed by atoms with E-state index in [4.69, 9.17) is 17.3 Å². The van der Waals surface area contributed by atoms with Crippen LogP contribution in [0.5, 0.6) is 0 Å². The number of aliphatic hydroxyl groups excluding tert-OH is 1. The lowest BCUT2D eigenvalue weighted by atomic mass is 9.70. The highest BCUT2D eigenvalue weighted by atomic mass is 35.5. The lowest BCUT2D eigenvalue weighted by molar-refractivity contribution is -0.384. The smallest absolute Gasteiger partial charge is 0.287 e. The first-order valence-electron chi connectivity index (χ1n) is 4.84. The van der Waals surface area contributed by atoms with E-state index >= 15 is 0 Å². The quantitative estimate of drug-likeness (QED) is 0.608. The fourth-order valence-electron chi connectivity index (χ4n) is 1.98. The molecule has 1 aliphatic rings. The fourth-order valence-corrected chi connectivity index (χ4v) is 2.23. The number of nitro benzene ring substituents is 1. The summed E-state index contributed by atoms with van der Waals surface area (Å²) in [5.41, 5.74) is 6.02. The van der Waals surface area contributed by atoms with Crippen molar-refractivity contribution in [2.75, 3.05) is 0 Å². The molecule has 6 heteroatoms. The van der Waals surface area contributed by atoms with Gasteiger partial charge in [0.15, 0.2) is 0 Å². The van der Waals surface area contributed by atoms with Gasteiger partial charge in [-0.1, -0.05) is 17.7 Å². The number of hydrogen-bond acceptors (Lipinski definition) is 4. The van der Waals surface area contributed by atoms with Crippen molar-refractivity contribution < 1.29 is 10.0 Å². The van der Waals surface area contributed by atoms with Crippen molar-refractivity contribution in [3.63, 3.8) is 0 Å². The molecule has 0 unspecified atom stereocenters. The molecule has 2 rings (SSSR count). The van der Waals surface area contributed by atoms with Crippen molar-refractivity contribution in [3.8, 4) is 0 Å². The zero-order valence-electron chi connectivity index (χ0n) is 8.39. The molecule has 0 atom stereocenters. The summed E-state index contributed by atoms with van der Waals surface area (Å²) in [5.74, 6) is 0. The number of halogens is 1. The van der Waals surface area contributed by atoms with Crippen molar-refractivity contribution in [3.05, 3.63) is 38.9 Å². The van der Waals surface area contributed by atoms with Crippen LogP contribution in [0.15, 0.2) is 18.2 Å². The van der Waals surface area contributed by atoms with Crippen molar-refractivity contribution in [1.82, 2.24) is 0 Å². The van der Waals surface area contributed by atoms with Crippen LogP contribution in [0.1, 0.15) is 18.4 Å². The molecule has 1 aliphatic carbocycles. The van der Waals surface area contributed by atoms with Crippen molar-refractivity contribution in [2.24, 2.45) is 5.73 Å². The summed E-state index contributed by atoms with van der Waals surface area (Å²) >= 11 is 5.79. The number of aliphatic hydroxyl groups is 1. The van der Waals surface area contributed by atoms with E-state index in [1.165, 1.54) is 12.1 Å². The Morgan fingerprint density at radius 3 is 2.62 bits per heavy atom. The average molecular weight is 243 g/mol. The van der Waals surface area contributed by atoms with Gasteiger partial charge in [0.1, 0.15) is 5.02 Å². The lowest BCUT2D eigenvalue weighted by Crippen LogP contribution is -2.51. The van der Waals surface area contributed by atoms with Gasteiger partial charge >= 0.3 is 0 Å². The van der Waals surface area contributed by atoms with E-state index < -0.39 is 10.5 Å². The monoisotopic (exact) mass is 242 g/mol. The van der Waals surface area contributed by atoms with Crippen LogP contribution in [0, 0.1) is 10.1 Å². The van der Waals surface area contributed by atoms with Crippen molar-refractivity contribution in [1.29, 1.82) is 0 Å². The predicted molar refractivity (Wildman–Crippen MR) is 59.2 cm³/mol. The molecule has 5 nitrogen and oxygen atoms in total. The van der Waals surface area contributed by atoms with Crippen LogP contribution in [0.3, 0.4) is 0 Å². The van der Waals surface area contributed by atoms with E-state index in [1.807, 2.05) is 0 Å². The molecule has 0 spiro atoms. The molecular weight excluding hydrogens is 232 g/mol. The minimum atomic E-state index is -0.599. The molecule has 1 aromatic carbocycles. The van der Waals surface area contributed by atoms with Crippen molar-refractivity contribution >= 4 is 17.3 Å². The van der Waals surface area contributed by atoms with Gasteiger partial charge in [0.05, 0.1) is 11.0 Å². The number of benzene rings is 1. The van der Waals surface area contributed by atoms with Crippen LogP contribution >= 0.6 is 11.6 Å². The third-order valence-electron chi connectivity index (χ3n) is 2.92. The Hall–Kier alpha value is -1.17. The van der Waals surface area contributed by atoms with E-state index in [-0.39, 0.29) is 16.8 Å². The SMILES string of the molecule is NC1(c2ccc([N+](=O)[O-])c(Cl)c2)CC(O)C1. The van der Waals surface area contributed by atoms with Gasteiger partial charge in [-0.2, -0.15) is 0 Å². The number of nitrogens with two attached hydrogens (primary N) is 1. The third kappa shape index (κ3) is 1.77. The molecule has 0 radical (unpaired) electrons. The molecule has 16 heavy (non-hydrogen) atoms. The van der Waals surface area contributed by atoms with Gasteiger partial charge in [0, 0.05) is 11.6 Å². The summed E-state index contributed by atoms with van der Waals surface area (Å²) in [5, 5.41) is 19.9. The van der Waals surface area contributed by atoms with Gasteiger partial charge in [0.25, 0.3) is 5.69 Å². The Labute approximate surface area is 97.0 Å². The molecule has 1 fully saturated rings. The van der Waals surface area contributed by atoms with Crippen LogP contribution in [-0.4, -0.2) is 16.1 Å². The molecule has 1 saturated carbocycles. The highest BCUT2D eigenvalue weighted by molar-refractivity contribution is 6.32. The van der Waals surface area contributed by atoms with Gasteiger partial charge in [-0.25, -0.2) is 0 Å². The van der Waals surface area contributed by atoms with Gasteiger partial charge in [-0.05, 0) is 24.5 Å². The van der Waals surface area contributed by atoms with Gasteiger partial charge in [-0.15, -0.1) is 0 Å². The van der Waals surface area contributed by atoms with Crippen LogP contribution in [-0.2, 0) is 5.54 Å². The number of nitro groups is 1. The summed E-state index contributed by atoms with van der Waals surface area (Å²) < 4.78 is 0. The Kier molecular flexibility index (Phi) is 2.61. The van der Waals surface area contributed by atoms with E-state index in [0.717, 1.165) is 5.56 Å². The van der Waals surface area contributed by atoms with E-state index in [2.05, 4.69) is 0 Å². The van der Waals surface area contributed by atoms with Crippen LogP contribution in [0.25, 0.3) is 0 Å². The second-order valence-electron chi connectivity index (χ2n) is 4.14. The first kappa shape index (κ1) is 11.3. The van der Waals surface area contributed by atoms with E-state index in [1.54, 1.807) is 6.07 Å². The van der Waals surface area contributed by atoms with Gasteiger partial charge in [0.2, 0.25) is 0 Å². The van der Waals surface area contributed by atoms with E-state index in [9.17, 15) is 15.2 Å². The molecule has 0 amide bonds. The fraction of sp³-hybridized carbons (Fsp3) is 0.400. The minimum absolute atomic E-state index is 0.0775. The standard InChI is InChI=1S/C10H11ClN2O3/c11-8-3-6(1-2-9(8)13(15)16)10(12)4-7(14)5-10/h1-3,7,14H,4-5,12H2. The minimum Gasteiger partial charge on any atom is -0.393 e. The molecule has 1 aromatic rings. The second-order valence-corrected chi connectivity index (χ2v) is 4.55. The highest BCUT2D eigenvalue weighted by Crippen LogP contribution is 2.40. The lowest BCUT2D eigenvalue weighted by Gasteiger charge is -2.42. The second kappa shape index (κ2) is 3.69. The Bertz CT molecular complexity index is 444. The predicted octanol–water partition coefficient (Wildman–Crippen LogP) is 1.56. The number of hydrogen-bond donors (Lipinski definition) is 2. The van der Waals surface area contributed by atoms with E-state index in [0.29, 0.717) is 12.8 Å². The third-order valence-corrected chi connectivity index (χ3v) is 3.22. The Morgan fingerprint density at radius 1 is 1.56 bits per heavy atom. The average Bonchev–Trinajstić information content (AvgIpc) is 2.14. The Morgan fingerprint density at radius 2 is 2.19 bits per heavy atom. The zero-order valence-corrected chi connectivity index (χ0v) is 9.15. The maximum absolute atomic E-state index is 10.6. The first-order valence-corrected chi connectivity index (χ1v) is 5.21. The summed E-state index contributed by atoms with van der Waals surface area (Å²) in [7, 11) is 0. The maximum Gasteiger partial charge on any atom is 0.287 e. The largest absolute Gasteiger partial charge is 0.393 e. The maximum atomic E-state index is 10.6. The normalized spacial score (nSPS) is 28.6. The molecule has 0 aliphatic heterocycles. The topological polar surface area (TPSA) is 89.4 Å². The van der Waals surface area contributed by atoms with Gasteiger partial charge in [-0.3, -0.25) is 10.1 Å². The molecule has 0 aromatic heterocycles. The molecule has 86 valence electrons. The molecular formula is C10H11ClN2O3. The van der Waals surface area contributed by atoms with Gasteiger partial charge < -0.3 is 10.8 Å². The summed E-state index contributed by atoms with van der Waals surface area (Å²) in [6.45, 7) is 0. The van der Waals surface area contributed by atoms with Crippen LogP contribution in [0.4, 0.5) is 5.69 Å². The zero-order chi connectivity index (χ0) is 11.9. The summed E-state index contributed by atoms with van der Waals surface area (Å²) in [4.78, 5) is 10.0. The molecule has 0 saturated heterocycles. The molecule has 0 heterocycles. The first-order chi connectivity index (χ1) is 7.42. The summed E-state index contributed by atoms with van der Waals surface area (Å²) in [6, 6.07) is 4.44. The van der Waals surface area contributed by atoms with Crippen LogP contribution < -0.4 is 5.73 Å². The molecule has 0 bridgehead atoms. The number of rotatable bonds is 2. The van der Waals surface area contributed by atoms with Crippen LogP contribution in [0.2, 0.25) is 5.02 Å². The number of nitrogens with zero attached hydrogens (tertiary/aromatic N) is 1. The Balaban J connectivity index is 2.32. The molecule has 3 N–H and O–H groups in total. The van der Waals surface area contributed by atoms with Crippen molar-refractivity contribution in [2.45, 2.75) is 24.5 Å².